The molecule has 0 atom stereocenters. The monoisotopic (exact) mass is 394 g/mol. The molecule has 0 unspecified atom stereocenters. The van der Waals surface area contributed by atoms with Crippen LogP contribution in [-0.2, 0) is 19.0 Å². The smallest absolute Gasteiger partial charge is 0.339 e. The molecule has 1 aliphatic rings. The number of hydrogen-bond donors (Lipinski definition) is 0. The van der Waals surface area contributed by atoms with Crippen LogP contribution in [0.2, 0.25) is 0 Å². The summed E-state index contributed by atoms with van der Waals surface area (Å²) in [5, 5.41) is 0. The number of rotatable bonds is 10. The number of esters is 1. The summed E-state index contributed by atoms with van der Waals surface area (Å²) in [7, 11) is 1.64. The average Bonchev–Trinajstić information content (AvgIpc) is 3.03. The molecular weight excluding hydrogens is 368 g/mol. The third kappa shape index (κ3) is 4.75. The van der Waals surface area contributed by atoms with E-state index in [1.807, 2.05) is 48.5 Å². The largest absolute Gasteiger partial charge is 0.491 e. The zero-order chi connectivity index (χ0) is 20.6. The number of methoxy groups -OCH3 is 1. The van der Waals surface area contributed by atoms with Crippen molar-refractivity contribution in [3.05, 3.63) is 77.4 Å². The minimum atomic E-state index is -0.360. The van der Waals surface area contributed by atoms with Gasteiger partial charge in [-0.25, -0.2) is 4.79 Å². The molecule has 5 nitrogen and oxygen atoms in total. The fraction of sp³-hybridized carbons (Fsp3) is 0.292. The molecule has 0 heterocycles. The molecule has 0 radical (unpaired) electrons. The minimum Gasteiger partial charge on any atom is -0.491 e. The minimum absolute atomic E-state index is 0.311. The van der Waals surface area contributed by atoms with E-state index in [9.17, 15) is 4.79 Å². The van der Waals surface area contributed by atoms with E-state index in [4.69, 9.17) is 18.9 Å². The van der Waals surface area contributed by atoms with Crippen LogP contribution in [0.15, 0.2) is 60.7 Å². The summed E-state index contributed by atoms with van der Waals surface area (Å²) >= 11 is 0. The molecule has 3 rings (SSSR count). The Bertz CT molecular complexity index is 899. The van der Waals surface area contributed by atoms with E-state index in [0.29, 0.717) is 49.9 Å². The highest BCUT2D eigenvalue weighted by molar-refractivity contribution is 6.20. The van der Waals surface area contributed by atoms with Crippen LogP contribution in [0, 0.1) is 0 Å². The van der Waals surface area contributed by atoms with E-state index < -0.39 is 0 Å². The summed E-state index contributed by atoms with van der Waals surface area (Å²) in [6.45, 7) is 8.28. The van der Waals surface area contributed by atoms with Gasteiger partial charge in [-0.1, -0.05) is 43.0 Å². The summed E-state index contributed by atoms with van der Waals surface area (Å²) in [6.07, 6.45) is 0. The molecule has 5 heteroatoms. The predicted octanol–water partition coefficient (Wildman–Crippen LogP) is 4.12. The van der Waals surface area contributed by atoms with E-state index in [0.717, 1.165) is 22.3 Å². The highest BCUT2D eigenvalue weighted by Crippen LogP contribution is 2.45. The first-order valence-electron chi connectivity index (χ1n) is 9.67. The van der Waals surface area contributed by atoms with E-state index in [2.05, 4.69) is 6.58 Å². The van der Waals surface area contributed by atoms with E-state index in [-0.39, 0.29) is 5.97 Å². The Morgan fingerprint density at radius 3 is 2.45 bits per heavy atom. The summed E-state index contributed by atoms with van der Waals surface area (Å²) in [4.78, 5) is 12.7. The Hall–Kier alpha value is -2.89. The van der Waals surface area contributed by atoms with Gasteiger partial charge in [-0.3, -0.25) is 0 Å². The second-order valence-electron chi connectivity index (χ2n) is 6.48. The van der Waals surface area contributed by atoms with Crippen LogP contribution >= 0.6 is 0 Å². The van der Waals surface area contributed by atoms with Gasteiger partial charge >= 0.3 is 5.97 Å². The number of carbonyl (C=O) groups is 1. The third-order valence-corrected chi connectivity index (χ3v) is 4.61. The summed E-state index contributed by atoms with van der Waals surface area (Å²) < 4.78 is 21.5. The standard InChI is InChI=1S/C24H26O5/c1-4-28-24(25)22-17(2)21-16-19(29-15-14-27-13-12-26-3)10-11-20(21)23(22)18-8-6-5-7-9-18/h5-11,16H,2,4,12-15H2,1,3H3. The lowest BCUT2D eigenvalue weighted by molar-refractivity contribution is -0.137. The number of hydrogen-bond acceptors (Lipinski definition) is 5. The highest BCUT2D eigenvalue weighted by Gasteiger charge is 2.31. The first-order valence-corrected chi connectivity index (χ1v) is 9.67. The van der Waals surface area contributed by atoms with Gasteiger partial charge in [-0.05, 0) is 41.3 Å². The quantitative estimate of drug-likeness (QED) is 0.448. The lowest BCUT2D eigenvalue weighted by atomic mass is 9.97. The molecule has 0 aromatic heterocycles. The number of carbonyl (C=O) groups excluding carboxylic acids is 1. The zero-order valence-electron chi connectivity index (χ0n) is 16.9. The average molecular weight is 394 g/mol. The van der Waals surface area contributed by atoms with Crippen LogP contribution in [0.5, 0.6) is 5.75 Å². The Morgan fingerprint density at radius 2 is 1.72 bits per heavy atom. The lowest BCUT2D eigenvalue weighted by Crippen LogP contribution is -2.10. The maximum Gasteiger partial charge on any atom is 0.339 e. The first kappa shape index (κ1) is 20.8. The van der Waals surface area contributed by atoms with Crippen molar-refractivity contribution in [1.29, 1.82) is 0 Å². The topological polar surface area (TPSA) is 54.0 Å². The van der Waals surface area contributed by atoms with Gasteiger partial charge in [0, 0.05) is 12.7 Å². The Kier molecular flexibility index (Phi) is 7.22. The van der Waals surface area contributed by atoms with Gasteiger partial charge in [0.2, 0.25) is 0 Å². The Labute approximate surface area is 171 Å². The Morgan fingerprint density at radius 1 is 0.966 bits per heavy atom. The molecule has 0 amide bonds. The van der Waals surface area contributed by atoms with Crippen molar-refractivity contribution in [3.63, 3.8) is 0 Å². The molecular formula is C24H26O5. The second kappa shape index (κ2) is 10.0. The molecule has 2 aromatic carbocycles. The number of benzene rings is 2. The van der Waals surface area contributed by atoms with Crippen molar-refractivity contribution in [1.82, 2.24) is 0 Å². The van der Waals surface area contributed by atoms with Crippen molar-refractivity contribution in [2.24, 2.45) is 0 Å². The molecule has 2 aromatic rings. The van der Waals surface area contributed by atoms with Gasteiger partial charge in [0.1, 0.15) is 12.4 Å². The fourth-order valence-corrected chi connectivity index (χ4v) is 3.30. The van der Waals surface area contributed by atoms with E-state index in [1.54, 1.807) is 14.0 Å². The molecule has 0 spiro atoms. The van der Waals surface area contributed by atoms with Crippen molar-refractivity contribution >= 4 is 17.1 Å². The van der Waals surface area contributed by atoms with Gasteiger partial charge in [0.25, 0.3) is 0 Å². The van der Waals surface area contributed by atoms with Gasteiger partial charge < -0.3 is 18.9 Å². The molecule has 29 heavy (non-hydrogen) atoms. The van der Waals surface area contributed by atoms with Crippen molar-refractivity contribution in [2.45, 2.75) is 6.92 Å². The number of ether oxygens (including phenoxy) is 4. The fourth-order valence-electron chi connectivity index (χ4n) is 3.30. The molecule has 0 bridgehead atoms. The highest BCUT2D eigenvalue weighted by atomic mass is 16.5. The summed E-state index contributed by atoms with van der Waals surface area (Å²) in [5.74, 6) is 0.347. The van der Waals surface area contributed by atoms with Crippen LogP contribution in [0.3, 0.4) is 0 Å². The molecule has 152 valence electrons. The maximum absolute atomic E-state index is 12.7. The number of fused-ring (bicyclic) bond motifs is 1. The van der Waals surface area contributed by atoms with Crippen molar-refractivity contribution in [2.75, 3.05) is 40.1 Å². The van der Waals surface area contributed by atoms with Gasteiger partial charge in [0.05, 0.1) is 32.0 Å². The Balaban J connectivity index is 1.84. The van der Waals surface area contributed by atoms with Crippen LogP contribution in [0.1, 0.15) is 23.6 Å². The van der Waals surface area contributed by atoms with Crippen molar-refractivity contribution in [3.8, 4) is 5.75 Å². The van der Waals surface area contributed by atoms with Crippen LogP contribution in [-0.4, -0.2) is 46.1 Å². The van der Waals surface area contributed by atoms with Gasteiger partial charge in [-0.15, -0.1) is 0 Å². The normalized spacial score (nSPS) is 12.8. The first-order chi connectivity index (χ1) is 14.2. The van der Waals surface area contributed by atoms with Crippen LogP contribution < -0.4 is 4.74 Å². The zero-order valence-corrected chi connectivity index (χ0v) is 16.9. The molecule has 0 saturated heterocycles. The molecule has 0 fully saturated rings. The van der Waals surface area contributed by atoms with E-state index in [1.165, 1.54) is 0 Å². The van der Waals surface area contributed by atoms with Crippen LogP contribution in [0.25, 0.3) is 11.1 Å². The van der Waals surface area contributed by atoms with Gasteiger partial charge in [-0.2, -0.15) is 0 Å². The van der Waals surface area contributed by atoms with Gasteiger partial charge in [0.15, 0.2) is 0 Å². The maximum atomic E-state index is 12.7. The van der Waals surface area contributed by atoms with Crippen molar-refractivity contribution < 1.29 is 23.7 Å². The summed E-state index contributed by atoms with van der Waals surface area (Å²) in [5.41, 5.74) is 4.79. The molecule has 1 aliphatic carbocycles. The lowest BCUT2D eigenvalue weighted by Gasteiger charge is -2.10. The molecule has 0 saturated carbocycles. The third-order valence-electron chi connectivity index (χ3n) is 4.61. The van der Waals surface area contributed by atoms with Crippen LogP contribution in [0.4, 0.5) is 0 Å². The van der Waals surface area contributed by atoms with E-state index >= 15 is 0 Å². The summed E-state index contributed by atoms with van der Waals surface area (Å²) in [6, 6.07) is 15.6. The predicted molar refractivity (Wildman–Crippen MR) is 113 cm³/mol. The molecule has 0 aliphatic heterocycles. The SMILES string of the molecule is C=C1C(C(=O)OCC)=C(c2ccccc2)c2ccc(OCCOCCOC)cc21. The second-order valence-corrected chi connectivity index (χ2v) is 6.48. The molecule has 0 N–H and O–H groups in total.